The lowest BCUT2D eigenvalue weighted by molar-refractivity contribution is 0.0756. The van der Waals surface area contributed by atoms with Crippen molar-refractivity contribution in [2.24, 2.45) is 17.6 Å². The van der Waals surface area contributed by atoms with E-state index in [1.54, 1.807) is 38.4 Å². The van der Waals surface area contributed by atoms with Crippen LogP contribution in [0.5, 0.6) is 0 Å². The number of nitrogens with two attached hydrogens (primary N) is 1. The highest BCUT2D eigenvalue weighted by atomic mass is 16.2. The summed E-state index contributed by atoms with van der Waals surface area (Å²) >= 11 is 0. The minimum Gasteiger partial charge on any atom is -0.349 e. The van der Waals surface area contributed by atoms with Crippen molar-refractivity contribution in [3.8, 4) is 0 Å². The normalized spacial score (nSPS) is 29.0. The fourth-order valence-electron chi connectivity index (χ4n) is 4.31. The van der Waals surface area contributed by atoms with E-state index in [1.165, 1.54) is 11.3 Å². The molecule has 5 nitrogen and oxygen atoms in total. The molecule has 3 N–H and O–H groups in total. The van der Waals surface area contributed by atoms with Gasteiger partial charge in [-0.3, -0.25) is 9.59 Å². The zero-order valence-corrected chi connectivity index (χ0v) is 14.5. The summed E-state index contributed by atoms with van der Waals surface area (Å²) in [7, 11) is 3.42. The van der Waals surface area contributed by atoms with Gasteiger partial charge < -0.3 is 16.0 Å². The Labute approximate surface area is 143 Å². The number of carbonyl (C=O) groups excluding carboxylic acids is 2. The minimum atomic E-state index is -0.0924. The lowest BCUT2D eigenvalue weighted by atomic mass is 9.67. The second-order valence-electron chi connectivity index (χ2n) is 7.46. The first-order chi connectivity index (χ1) is 11.5. The van der Waals surface area contributed by atoms with E-state index in [0.717, 1.165) is 25.7 Å². The first kappa shape index (κ1) is 17.0. The van der Waals surface area contributed by atoms with Gasteiger partial charge >= 0.3 is 0 Å². The zero-order valence-electron chi connectivity index (χ0n) is 14.5. The summed E-state index contributed by atoms with van der Waals surface area (Å²) in [6.07, 6.45) is 5.53. The quantitative estimate of drug-likeness (QED) is 0.891. The molecule has 0 aliphatic heterocycles. The molecule has 1 aromatic carbocycles. The monoisotopic (exact) mass is 329 g/mol. The Morgan fingerprint density at radius 1 is 1.12 bits per heavy atom. The summed E-state index contributed by atoms with van der Waals surface area (Å²) in [4.78, 5) is 26.3. The van der Waals surface area contributed by atoms with E-state index < -0.39 is 0 Å². The van der Waals surface area contributed by atoms with Gasteiger partial charge in [-0.1, -0.05) is 12.5 Å². The van der Waals surface area contributed by atoms with Crippen LogP contribution in [0, 0.1) is 11.8 Å². The highest BCUT2D eigenvalue weighted by molar-refractivity contribution is 5.99. The van der Waals surface area contributed by atoms with E-state index >= 15 is 0 Å². The topological polar surface area (TPSA) is 75.4 Å². The van der Waals surface area contributed by atoms with Gasteiger partial charge in [0, 0.05) is 37.3 Å². The van der Waals surface area contributed by atoms with Crippen LogP contribution in [0.2, 0.25) is 0 Å². The molecule has 3 rings (SSSR count). The maximum atomic E-state index is 12.7. The van der Waals surface area contributed by atoms with E-state index in [-0.39, 0.29) is 23.9 Å². The van der Waals surface area contributed by atoms with Crippen molar-refractivity contribution in [1.82, 2.24) is 10.2 Å². The third-order valence-electron chi connectivity index (χ3n) is 5.45. The second kappa shape index (κ2) is 6.93. The van der Waals surface area contributed by atoms with Crippen LogP contribution in [0.4, 0.5) is 0 Å². The van der Waals surface area contributed by atoms with Crippen molar-refractivity contribution < 1.29 is 9.59 Å². The van der Waals surface area contributed by atoms with Crippen LogP contribution in [-0.2, 0) is 0 Å². The molecule has 24 heavy (non-hydrogen) atoms. The molecule has 0 aromatic heterocycles. The highest BCUT2D eigenvalue weighted by Gasteiger charge is 2.39. The van der Waals surface area contributed by atoms with Crippen molar-refractivity contribution in [2.45, 2.75) is 44.2 Å². The van der Waals surface area contributed by atoms with Gasteiger partial charge in [0.1, 0.15) is 0 Å². The first-order valence-electron chi connectivity index (χ1n) is 8.84. The molecule has 2 atom stereocenters. The molecule has 2 unspecified atom stereocenters. The highest BCUT2D eigenvalue weighted by Crippen LogP contribution is 2.39. The zero-order chi connectivity index (χ0) is 17.3. The molecule has 2 fully saturated rings. The summed E-state index contributed by atoms with van der Waals surface area (Å²) < 4.78 is 0. The number of benzene rings is 1. The van der Waals surface area contributed by atoms with E-state index in [4.69, 9.17) is 5.73 Å². The van der Waals surface area contributed by atoms with E-state index in [0.29, 0.717) is 23.0 Å². The van der Waals surface area contributed by atoms with E-state index in [9.17, 15) is 9.59 Å². The van der Waals surface area contributed by atoms with Gasteiger partial charge in [-0.25, -0.2) is 0 Å². The Kier molecular flexibility index (Phi) is 4.90. The van der Waals surface area contributed by atoms with E-state index in [2.05, 4.69) is 5.32 Å². The number of rotatable bonds is 3. The summed E-state index contributed by atoms with van der Waals surface area (Å²) in [5.41, 5.74) is 7.25. The lowest BCUT2D eigenvalue weighted by Gasteiger charge is -2.45. The summed E-state index contributed by atoms with van der Waals surface area (Å²) in [5.74, 6) is 0.803. The third-order valence-corrected chi connectivity index (χ3v) is 5.45. The van der Waals surface area contributed by atoms with Crippen LogP contribution in [0.15, 0.2) is 24.3 Å². The molecule has 1 aromatic rings. The third kappa shape index (κ3) is 3.46. The Morgan fingerprint density at radius 2 is 1.75 bits per heavy atom. The van der Waals surface area contributed by atoms with Crippen molar-refractivity contribution in [3.63, 3.8) is 0 Å². The SMILES string of the molecule is CN(C)C(=O)c1cccc(C(=O)NC2C3CCCC2CC(N)C3)c1. The predicted molar refractivity (Wildman–Crippen MR) is 93.8 cm³/mol. The fraction of sp³-hybridized carbons (Fsp3) is 0.579. The standard InChI is InChI=1S/C19H27N3O2/c1-22(2)19(24)15-8-4-7-14(9-15)18(23)21-17-12-5-3-6-13(17)11-16(20)10-12/h4,7-9,12-13,16-17H,3,5-6,10-11,20H2,1-2H3,(H,21,23). The van der Waals surface area contributed by atoms with Gasteiger partial charge in [0.15, 0.2) is 0 Å². The Morgan fingerprint density at radius 3 is 2.38 bits per heavy atom. The largest absolute Gasteiger partial charge is 0.349 e. The Bertz CT molecular complexity index is 615. The molecule has 0 saturated heterocycles. The van der Waals surface area contributed by atoms with Gasteiger partial charge in [0.25, 0.3) is 11.8 Å². The lowest BCUT2D eigenvalue weighted by Crippen LogP contribution is -2.53. The second-order valence-corrected chi connectivity index (χ2v) is 7.46. The van der Waals surface area contributed by atoms with Crippen LogP contribution in [0.1, 0.15) is 52.8 Å². The summed E-state index contributed by atoms with van der Waals surface area (Å²) in [5, 5.41) is 3.23. The number of carbonyl (C=O) groups is 2. The van der Waals surface area contributed by atoms with Crippen molar-refractivity contribution in [3.05, 3.63) is 35.4 Å². The van der Waals surface area contributed by atoms with Crippen LogP contribution >= 0.6 is 0 Å². The number of nitrogens with zero attached hydrogens (tertiary/aromatic N) is 1. The molecule has 2 aliphatic rings. The number of amides is 2. The van der Waals surface area contributed by atoms with Crippen molar-refractivity contribution in [1.29, 1.82) is 0 Å². The molecular weight excluding hydrogens is 302 g/mol. The fourth-order valence-corrected chi connectivity index (χ4v) is 4.31. The molecule has 5 heteroatoms. The number of fused-ring (bicyclic) bond motifs is 2. The Balaban J connectivity index is 1.73. The van der Waals surface area contributed by atoms with Gasteiger partial charge in [-0.15, -0.1) is 0 Å². The van der Waals surface area contributed by atoms with Crippen LogP contribution < -0.4 is 11.1 Å². The van der Waals surface area contributed by atoms with Crippen LogP contribution in [-0.4, -0.2) is 42.9 Å². The van der Waals surface area contributed by atoms with E-state index in [1.807, 2.05) is 0 Å². The maximum absolute atomic E-state index is 12.7. The number of nitrogens with one attached hydrogen (secondary N) is 1. The average Bonchev–Trinajstić information content (AvgIpc) is 2.55. The smallest absolute Gasteiger partial charge is 0.253 e. The summed E-state index contributed by atoms with van der Waals surface area (Å²) in [6, 6.07) is 7.46. The molecule has 130 valence electrons. The molecule has 2 amide bonds. The Hall–Kier alpha value is -1.88. The van der Waals surface area contributed by atoms with Gasteiger partial charge in [-0.2, -0.15) is 0 Å². The molecule has 0 heterocycles. The number of hydrogen-bond acceptors (Lipinski definition) is 3. The summed E-state index contributed by atoms with van der Waals surface area (Å²) in [6.45, 7) is 0. The molecule has 0 spiro atoms. The molecule has 0 radical (unpaired) electrons. The average molecular weight is 329 g/mol. The van der Waals surface area contributed by atoms with Crippen LogP contribution in [0.25, 0.3) is 0 Å². The maximum Gasteiger partial charge on any atom is 0.253 e. The van der Waals surface area contributed by atoms with Gasteiger partial charge in [0.2, 0.25) is 0 Å². The van der Waals surface area contributed by atoms with Crippen molar-refractivity contribution >= 4 is 11.8 Å². The first-order valence-corrected chi connectivity index (χ1v) is 8.84. The van der Waals surface area contributed by atoms with Crippen LogP contribution in [0.3, 0.4) is 0 Å². The van der Waals surface area contributed by atoms with Crippen molar-refractivity contribution in [2.75, 3.05) is 14.1 Å². The number of hydrogen-bond donors (Lipinski definition) is 2. The van der Waals surface area contributed by atoms with Gasteiger partial charge in [-0.05, 0) is 55.7 Å². The molecule has 2 bridgehead atoms. The molecule has 2 aliphatic carbocycles. The predicted octanol–water partition coefficient (Wildman–Crippen LogP) is 2.02. The molecular formula is C19H27N3O2. The minimum absolute atomic E-state index is 0.0826. The molecule has 2 saturated carbocycles. The van der Waals surface area contributed by atoms with Gasteiger partial charge in [0.05, 0.1) is 0 Å².